The van der Waals surface area contributed by atoms with Crippen LogP contribution in [0, 0.1) is 0 Å². The van der Waals surface area contributed by atoms with Crippen molar-refractivity contribution >= 4 is 11.9 Å². The number of hydrogen-bond donors (Lipinski definition) is 2. The summed E-state index contributed by atoms with van der Waals surface area (Å²) in [4.78, 5) is 23.9. The van der Waals surface area contributed by atoms with Crippen molar-refractivity contribution < 1.29 is 19.4 Å². The van der Waals surface area contributed by atoms with Crippen LogP contribution in [0.15, 0.2) is 36.9 Å². The van der Waals surface area contributed by atoms with E-state index >= 15 is 0 Å². The highest BCUT2D eigenvalue weighted by atomic mass is 16.5. The molecule has 1 rings (SSSR count). The van der Waals surface area contributed by atoms with E-state index in [2.05, 4.69) is 6.58 Å². The number of likely N-dealkylation sites (N-methyl/N-ethyl adjacent to an activating group) is 1. The molecule has 114 valence electrons. The van der Waals surface area contributed by atoms with Gasteiger partial charge in [-0.15, -0.1) is 0 Å². The molecule has 0 fully saturated rings. The standard InChI is InChI=1S/C15H20N2O4/c1-3-8-21-12-6-4-11(5-7-12)10-17(2)15(20)13(16)9-14(18)19/h3-7,13H,1,8-10,16H2,2H3,(H,18,19). The molecule has 1 amide bonds. The highest BCUT2D eigenvalue weighted by Gasteiger charge is 2.20. The summed E-state index contributed by atoms with van der Waals surface area (Å²) in [5, 5.41) is 8.63. The lowest BCUT2D eigenvalue weighted by Gasteiger charge is -2.20. The van der Waals surface area contributed by atoms with Crippen LogP contribution >= 0.6 is 0 Å². The van der Waals surface area contributed by atoms with Crippen LogP contribution in [-0.4, -0.2) is 41.6 Å². The Kier molecular flexibility index (Phi) is 6.42. The third kappa shape index (κ3) is 5.66. The van der Waals surface area contributed by atoms with E-state index in [-0.39, 0.29) is 6.42 Å². The Balaban J connectivity index is 2.57. The summed E-state index contributed by atoms with van der Waals surface area (Å²) in [5.74, 6) is -0.771. The zero-order chi connectivity index (χ0) is 15.8. The Labute approximate surface area is 123 Å². The Bertz CT molecular complexity index is 499. The molecule has 1 aromatic rings. The number of hydrogen-bond acceptors (Lipinski definition) is 4. The van der Waals surface area contributed by atoms with Crippen LogP contribution in [0.4, 0.5) is 0 Å². The zero-order valence-corrected chi connectivity index (χ0v) is 12.0. The first-order chi connectivity index (χ1) is 9.93. The van der Waals surface area contributed by atoms with Crippen LogP contribution in [0.25, 0.3) is 0 Å². The first kappa shape index (κ1) is 16.7. The second-order valence-corrected chi connectivity index (χ2v) is 4.64. The Hall–Kier alpha value is -2.34. The molecule has 0 aromatic heterocycles. The number of nitrogens with zero attached hydrogens (tertiary/aromatic N) is 1. The average molecular weight is 292 g/mol. The van der Waals surface area contributed by atoms with Gasteiger partial charge in [0.2, 0.25) is 5.91 Å². The van der Waals surface area contributed by atoms with Crippen LogP contribution in [0.2, 0.25) is 0 Å². The van der Waals surface area contributed by atoms with Gasteiger partial charge in [-0.1, -0.05) is 24.8 Å². The number of nitrogens with two attached hydrogens (primary N) is 1. The van der Waals surface area contributed by atoms with Crippen molar-refractivity contribution in [3.63, 3.8) is 0 Å². The van der Waals surface area contributed by atoms with Gasteiger partial charge in [-0.05, 0) is 17.7 Å². The molecule has 6 nitrogen and oxygen atoms in total. The van der Waals surface area contributed by atoms with Gasteiger partial charge in [0.05, 0.1) is 12.5 Å². The number of amides is 1. The average Bonchev–Trinajstić information content (AvgIpc) is 2.45. The van der Waals surface area contributed by atoms with E-state index in [1.54, 1.807) is 25.3 Å². The van der Waals surface area contributed by atoms with Crippen molar-refractivity contribution in [1.29, 1.82) is 0 Å². The van der Waals surface area contributed by atoms with Gasteiger partial charge in [0, 0.05) is 13.6 Å². The number of aliphatic carboxylic acids is 1. The molecular formula is C15H20N2O4. The number of carboxylic acids is 1. The molecule has 21 heavy (non-hydrogen) atoms. The number of carboxylic acid groups (broad SMARTS) is 1. The smallest absolute Gasteiger partial charge is 0.305 e. The van der Waals surface area contributed by atoms with Crippen LogP contribution in [0.1, 0.15) is 12.0 Å². The predicted octanol–water partition coefficient (Wildman–Crippen LogP) is 1.01. The van der Waals surface area contributed by atoms with Crippen molar-refractivity contribution in [2.24, 2.45) is 5.73 Å². The van der Waals surface area contributed by atoms with Gasteiger partial charge in [-0.3, -0.25) is 9.59 Å². The van der Waals surface area contributed by atoms with Crippen molar-refractivity contribution in [2.45, 2.75) is 19.0 Å². The Morgan fingerprint density at radius 2 is 2.05 bits per heavy atom. The van der Waals surface area contributed by atoms with Crippen molar-refractivity contribution in [1.82, 2.24) is 4.90 Å². The molecule has 0 radical (unpaired) electrons. The lowest BCUT2D eigenvalue weighted by Crippen LogP contribution is -2.42. The van der Waals surface area contributed by atoms with Crippen LogP contribution < -0.4 is 10.5 Å². The molecule has 6 heteroatoms. The van der Waals surface area contributed by atoms with Gasteiger partial charge in [0.25, 0.3) is 0 Å². The first-order valence-corrected chi connectivity index (χ1v) is 6.49. The van der Waals surface area contributed by atoms with Gasteiger partial charge in [0.15, 0.2) is 0 Å². The SMILES string of the molecule is C=CCOc1ccc(CN(C)C(=O)C(N)CC(=O)O)cc1. The van der Waals surface area contributed by atoms with E-state index < -0.39 is 17.9 Å². The van der Waals surface area contributed by atoms with E-state index in [1.165, 1.54) is 4.90 Å². The Morgan fingerprint density at radius 3 is 2.57 bits per heavy atom. The molecule has 1 atom stereocenters. The number of benzene rings is 1. The number of ether oxygens (including phenoxy) is 1. The fourth-order valence-corrected chi connectivity index (χ4v) is 1.76. The summed E-state index contributed by atoms with van der Waals surface area (Å²) >= 11 is 0. The van der Waals surface area contributed by atoms with Crippen molar-refractivity contribution in [3.8, 4) is 5.75 Å². The number of carbonyl (C=O) groups excluding carboxylic acids is 1. The molecule has 0 aliphatic rings. The van der Waals surface area contributed by atoms with Gasteiger partial charge >= 0.3 is 5.97 Å². The minimum atomic E-state index is -1.09. The minimum absolute atomic E-state index is 0.355. The third-order valence-corrected chi connectivity index (χ3v) is 2.80. The maximum atomic E-state index is 11.9. The van der Waals surface area contributed by atoms with Crippen LogP contribution in [0.3, 0.4) is 0 Å². The highest BCUT2D eigenvalue weighted by Crippen LogP contribution is 2.13. The molecule has 3 N–H and O–H groups in total. The lowest BCUT2D eigenvalue weighted by molar-refractivity contribution is -0.141. The van der Waals surface area contributed by atoms with Gasteiger partial charge in [-0.25, -0.2) is 0 Å². The van der Waals surface area contributed by atoms with Gasteiger partial charge in [-0.2, -0.15) is 0 Å². The molecule has 1 unspecified atom stereocenters. The molecule has 0 aliphatic carbocycles. The summed E-state index contributed by atoms with van der Waals surface area (Å²) in [6.07, 6.45) is 1.28. The molecule has 0 bridgehead atoms. The molecule has 1 aromatic carbocycles. The molecule has 0 spiro atoms. The first-order valence-electron chi connectivity index (χ1n) is 6.49. The summed E-state index contributed by atoms with van der Waals surface area (Å²) in [6, 6.07) is 6.25. The van der Waals surface area contributed by atoms with Gasteiger partial charge < -0.3 is 20.5 Å². The largest absolute Gasteiger partial charge is 0.490 e. The Morgan fingerprint density at radius 1 is 1.43 bits per heavy atom. The fourth-order valence-electron chi connectivity index (χ4n) is 1.76. The third-order valence-electron chi connectivity index (χ3n) is 2.80. The van der Waals surface area contributed by atoms with E-state index in [0.717, 1.165) is 11.3 Å². The van der Waals surface area contributed by atoms with E-state index in [1.807, 2.05) is 12.1 Å². The van der Waals surface area contributed by atoms with Crippen LogP contribution in [0.5, 0.6) is 5.75 Å². The molecular weight excluding hydrogens is 272 g/mol. The van der Waals surface area contributed by atoms with E-state index in [4.69, 9.17) is 15.6 Å². The summed E-state index contributed by atoms with van der Waals surface area (Å²) < 4.78 is 5.36. The molecule has 0 aliphatic heterocycles. The topological polar surface area (TPSA) is 92.9 Å². The predicted molar refractivity (Wildman–Crippen MR) is 78.8 cm³/mol. The van der Waals surface area contributed by atoms with Crippen molar-refractivity contribution in [2.75, 3.05) is 13.7 Å². The molecule has 0 saturated heterocycles. The summed E-state index contributed by atoms with van der Waals surface area (Å²) in [5.41, 5.74) is 6.45. The fraction of sp³-hybridized carbons (Fsp3) is 0.333. The second-order valence-electron chi connectivity index (χ2n) is 4.64. The molecule has 0 saturated carbocycles. The van der Waals surface area contributed by atoms with Crippen molar-refractivity contribution in [3.05, 3.63) is 42.5 Å². The maximum Gasteiger partial charge on any atom is 0.305 e. The monoisotopic (exact) mass is 292 g/mol. The number of carbonyl (C=O) groups is 2. The summed E-state index contributed by atoms with van der Waals surface area (Å²) in [7, 11) is 1.59. The second kappa shape index (κ2) is 8.06. The van der Waals surface area contributed by atoms with E-state index in [9.17, 15) is 9.59 Å². The number of rotatable bonds is 8. The summed E-state index contributed by atoms with van der Waals surface area (Å²) in [6.45, 7) is 4.35. The normalized spacial score (nSPS) is 11.5. The van der Waals surface area contributed by atoms with Gasteiger partial charge in [0.1, 0.15) is 12.4 Å². The minimum Gasteiger partial charge on any atom is -0.490 e. The lowest BCUT2D eigenvalue weighted by atomic mass is 10.1. The maximum absolute atomic E-state index is 11.9. The quantitative estimate of drug-likeness (QED) is 0.698. The zero-order valence-electron chi connectivity index (χ0n) is 12.0. The van der Waals surface area contributed by atoms with Crippen LogP contribution in [-0.2, 0) is 16.1 Å². The highest BCUT2D eigenvalue weighted by molar-refractivity contribution is 5.85. The molecule has 0 heterocycles. The van der Waals surface area contributed by atoms with E-state index in [0.29, 0.717) is 13.2 Å².